The van der Waals surface area contributed by atoms with Gasteiger partial charge in [0.25, 0.3) is 0 Å². The van der Waals surface area contributed by atoms with Crippen molar-refractivity contribution in [3.63, 3.8) is 0 Å². The van der Waals surface area contributed by atoms with Gasteiger partial charge in [0.15, 0.2) is 0 Å². The van der Waals surface area contributed by atoms with Crippen LogP contribution in [0.25, 0.3) is 0 Å². The van der Waals surface area contributed by atoms with Crippen LogP contribution in [0.2, 0.25) is 0 Å². The third kappa shape index (κ3) is 5.19. The molecule has 2 aliphatic heterocycles. The molecule has 5 nitrogen and oxygen atoms in total. The summed E-state index contributed by atoms with van der Waals surface area (Å²) in [5, 5.41) is 3.28. The second kappa shape index (κ2) is 9.75. The van der Waals surface area contributed by atoms with E-state index < -0.39 is 0 Å². The van der Waals surface area contributed by atoms with Gasteiger partial charge < -0.3 is 15.1 Å². The maximum atomic E-state index is 12.9. The van der Waals surface area contributed by atoms with Crippen LogP contribution in [0, 0.1) is 0 Å². The maximum Gasteiger partial charge on any atom is 0.243 e. The lowest BCUT2D eigenvalue weighted by molar-refractivity contribution is -0.138. The van der Waals surface area contributed by atoms with Gasteiger partial charge in [-0.1, -0.05) is 36.8 Å². The summed E-state index contributed by atoms with van der Waals surface area (Å²) < 4.78 is 0. The smallest absolute Gasteiger partial charge is 0.243 e. The molecule has 1 N–H and O–H groups in total. The highest BCUT2D eigenvalue weighted by Gasteiger charge is 2.35. The summed E-state index contributed by atoms with van der Waals surface area (Å²) in [5.41, 5.74) is 1.01. The molecular weight excluding hydrogens is 362 g/mol. The van der Waals surface area contributed by atoms with Crippen molar-refractivity contribution < 1.29 is 9.59 Å². The molecule has 3 aliphatic rings. The number of hydrogen-bond acceptors (Lipinski definition) is 3. The number of piperidine rings is 1. The largest absolute Gasteiger partial charge is 0.352 e. The number of carbonyl (C=O) groups excluding carboxylic acids is 2. The number of nitrogens with zero attached hydrogens (tertiary/aromatic N) is 2. The minimum Gasteiger partial charge on any atom is -0.352 e. The second-order valence-corrected chi connectivity index (χ2v) is 9.02. The zero-order valence-electron chi connectivity index (χ0n) is 17.5. The van der Waals surface area contributed by atoms with Crippen LogP contribution in [0.15, 0.2) is 30.3 Å². The van der Waals surface area contributed by atoms with E-state index in [9.17, 15) is 9.59 Å². The molecule has 0 unspecified atom stereocenters. The number of amides is 2. The molecule has 158 valence electrons. The van der Waals surface area contributed by atoms with Crippen LogP contribution >= 0.6 is 0 Å². The van der Waals surface area contributed by atoms with E-state index in [1.54, 1.807) is 0 Å². The average molecular weight is 398 g/mol. The Morgan fingerprint density at radius 3 is 2.31 bits per heavy atom. The van der Waals surface area contributed by atoms with E-state index in [1.165, 1.54) is 45.2 Å². The first-order valence-corrected chi connectivity index (χ1v) is 11.6. The Hall–Kier alpha value is -1.88. The highest BCUT2D eigenvalue weighted by atomic mass is 16.2. The van der Waals surface area contributed by atoms with Crippen molar-refractivity contribution in [1.29, 1.82) is 0 Å². The zero-order chi connectivity index (χ0) is 20.1. The van der Waals surface area contributed by atoms with Crippen molar-refractivity contribution in [3.8, 4) is 0 Å². The zero-order valence-corrected chi connectivity index (χ0v) is 17.5. The minimum atomic E-state index is -0.286. The molecular formula is C24H35N3O2. The van der Waals surface area contributed by atoms with Crippen molar-refractivity contribution in [2.45, 2.75) is 82.3 Å². The SMILES string of the molecule is O=C(NC1CCC(N2CCCCC2)CC1)[C@@H]1CCCN1C(=O)Cc1ccccc1. The predicted molar refractivity (Wildman–Crippen MR) is 114 cm³/mol. The van der Waals surface area contributed by atoms with E-state index in [1.807, 2.05) is 35.2 Å². The molecule has 1 aliphatic carbocycles. The van der Waals surface area contributed by atoms with Gasteiger partial charge in [0.2, 0.25) is 11.8 Å². The minimum absolute atomic E-state index is 0.0605. The van der Waals surface area contributed by atoms with Crippen LogP contribution in [-0.2, 0) is 16.0 Å². The molecule has 2 saturated heterocycles. The fraction of sp³-hybridized carbons (Fsp3) is 0.667. The van der Waals surface area contributed by atoms with Crippen LogP contribution < -0.4 is 5.32 Å². The number of likely N-dealkylation sites (tertiary alicyclic amines) is 2. The van der Waals surface area contributed by atoms with Gasteiger partial charge in [-0.15, -0.1) is 0 Å². The van der Waals surface area contributed by atoms with E-state index >= 15 is 0 Å². The Morgan fingerprint density at radius 1 is 0.862 bits per heavy atom. The molecule has 2 heterocycles. The molecule has 5 heteroatoms. The Kier molecular flexibility index (Phi) is 6.86. The molecule has 0 bridgehead atoms. The topological polar surface area (TPSA) is 52.7 Å². The summed E-state index contributed by atoms with van der Waals surface area (Å²) in [4.78, 5) is 30.2. The number of rotatable bonds is 5. The Labute approximate surface area is 174 Å². The van der Waals surface area contributed by atoms with Gasteiger partial charge >= 0.3 is 0 Å². The summed E-state index contributed by atoms with van der Waals surface area (Å²) >= 11 is 0. The molecule has 3 fully saturated rings. The van der Waals surface area contributed by atoms with E-state index in [0.717, 1.165) is 31.2 Å². The first-order valence-electron chi connectivity index (χ1n) is 11.6. The van der Waals surface area contributed by atoms with Gasteiger partial charge in [0, 0.05) is 18.6 Å². The van der Waals surface area contributed by atoms with E-state index in [4.69, 9.17) is 0 Å². The third-order valence-corrected chi connectivity index (χ3v) is 7.02. The van der Waals surface area contributed by atoms with Gasteiger partial charge in [-0.3, -0.25) is 9.59 Å². The van der Waals surface area contributed by atoms with Crippen LogP contribution in [0.1, 0.15) is 63.4 Å². The van der Waals surface area contributed by atoms with Crippen molar-refractivity contribution in [2.24, 2.45) is 0 Å². The summed E-state index contributed by atoms with van der Waals surface area (Å²) in [5.74, 6) is 0.132. The lowest BCUT2D eigenvalue weighted by atomic mass is 9.89. The standard InChI is InChI=1S/C24H35N3O2/c28-23(18-19-8-3-1-4-9-19)27-17-7-10-22(27)24(29)25-20-11-13-21(14-12-20)26-15-5-2-6-16-26/h1,3-4,8-9,20-22H,2,5-7,10-18H2,(H,25,29)/t20?,21?,22-/m0/s1. The monoisotopic (exact) mass is 397 g/mol. The van der Waals surface area contributed by atoms with Gasteiger partial charge in [-0.25, -0.2) is 0 Å². The summed E-state index contributed by atoms with van der Waals surface area (Å²) in [6, 6.07) is 10.5. The summed E-state index contributed by atoms with van der Waals surface area (Å²) in [6.07, 6.45) is 10.6. The fourth-order valence-corrected chi connectivity index (χ4v) is 5.38. The molecule has 0 radical (unpaired) electrons. The Morgan fingerprint density at radius 2 is 1.59 bits per heavy atom. The van der Waals surface area contributed by atoms with Crippen LogP contribution in [0.4, 0.5) is 0 Å². The number of benzene rings is 1. The first-order chi connectivity index (χ1) is 14.2. The molecule has 1 aromatic carbocycles. The van der Waals surface area contributed by atoms with Crippen LogP contribution in [0.5, 0.6) is 0 Å². The third-order valence-electron chi connectivity index (χ3n) is 7.02. The number of hydrogen-bond donors (Lipinski definition) is 1. The van der Waals surface area contributed by atoms with Gasteiger partial charge in [-0.2, -0.15) is 0 Å². The molecule has 1 aromatic rings. The van der Waals surface area contributed by atoms with E-state index in [2.05, 4.69) is 10.2 Å². The Balaban J connectivity index is 1.26. The fourth-order valence-electron chi connectivity index (χ4n) is 5.38. The quantitative estimate of drug-likeness (QED) is 0.831. The van der Waals surface area contributed by atoms with Crippen molar-refractivity contribution in [2.75, 3.05) is 19.6 Å². The second-order valence-electron chi connectivity index (χ2n) is 9.02. The molecule has 2 amide bonds. The van der Waals surface area contributed by atoms with Gasteiger partial charge in [0.05, 0.1) is 6.42 Å². The van der Waals surface area contributed by atoms with Crippen molar-refractivity contribution >= 4 is 11.8 Å². The summed E-state index contributed by atoms with van der Waals surface area (Å²) in [6.45, 7) is 3.20. The van der Waals surface area contributed by atoms with Gasteiger partial charge in [0.1, 0.15) is 6.04 Å². The first kappa shape index (κ1) is 20.4. The molecule has 1 atom stereocenters. The molecule has 1 saturated carbocycles. The number of carbonyl (C=O) groups is 2. The van der Waals surface area contributed by atoms with Crippen molar-refractivity contribution in [3.05, 3.63) is 35.9 Å². The maximum absolute atomic E-state index is 12.9. The molecule has 0 spiro atoms. The average Bonchev–Trinajstić information content (AvgIpc) is 3.26. The predicted octanol–water partition coefficient (Wildman–Crippen LogP) is 3.13. The van der Waals surface area contributed by atoms with E-state index in [-0.39, 0.29) is 23.9 Å². The summed E-state index contributed by atoms with van der Waals surface area (Å²) in [7, 11) is 0. The molecule has 29 heavy (non-hydrogen) atoms. The normalized spacial score (nSPS) is 28.3. The van der Waals surface area contributed by atoms with Crippen molar-refractivity contribution in [1.82, 2.24) is 15.1 Å². The highest BCUT2D eigenvalue weighted by Crippen LogP contribution is 2.26. The highest BCUT2D eigenvalue weighted by molar-refractivity contribution is 5.89. The van der Waals surface area contributed by atoms with Gasteiger partial charge in [-0.05, 0) is 70.0 Å². The number of nitrogens with one attached hydrogen (secondary N) is 1. The van der Waals surface area contributed by atoms with Crippen LogP contribution in [0.3, 0.4) is 0 Å². The lowest BCUT2D eigenvalue weighted by Gasteiger charge is -2.39. The van der Waals surface area contributed by atoms with E-state index in [0.29, 0.717) is 19.0 Å². The molecule has 0 aromatic heterocycles. The Bertz CT molecular complexity index is 679. The lowest BCUT2D eigenvalue weighted by Crippen LogP contribution is -2.51. The van der Waals surface area contributed by atoms with Crippen LogP contribution in [-0.4, -0.2) is 59.4 Å². The molecule has 4 rings (SSSR count).